The number of rotatable bonds is 3. The van der Waals surface area contributed by atoms with Gasteiger partial charge in [0.2, 0.25) is 0 Å². The van der Waals surface area contributed by atoms with Crippen molar-refractivity contribution in [3.8, 4) is 0 Å². The van der Waals surface area contributed by atoms with Crippen molar-refractivity contribution in [3.05, 3.63) is 64.7 Å². The summed E-state index contributed by atoms with van der Waals surface area (Å²) in [5.41, 5.74) is 2.32. The second-order valence-corrected chi connectivity index (χ2v) is 5.57. The zero-order chi connectivity index (χ0) is 14.8. The Morgan fingerprint density at radius 3 is 2.95 bits per heavy atom. The van der Waals surface area contributed by atoms with E-state index in [0.29, 0.717) is 17.6 Å². The van der Waals surface area contributed by atoms with E-state index in [4.69, 9.17) is 0 Å². The van der Waals surface area contributed by atoms with E-state index in [1.165, 1.54) is 0 Å². The molecule has 6 heteroatoms. The largest absolute Gasteiger partial charge is 0.337 e. The molecule has 0 aliphatic carbocycles. The maximum Gasteiger partial charge on any atom is 0.257 e. The van der Waals surface area contributed by atoms with Gasteiger partial charge in [0.25, 0.3) is 5.91 Å². The van der Waals surface area contributed by atoms with E-state index in [1.54, 1.807) is 41.3 Å². The van der Waals surface area contributed by atoms with Crippen molar-refractivity contribution in [2.24, 2.45) is 0 Å². The lowest BCUT2D eigenvalue weighted by molar-refractivity contribution is 0.0786. The molecule has 0 spiro atoms. The van der Waals surface area contributed by atoms with Gasteiger partial charge in [-0.15, -0.1) is 0 Å². The van der Waals surface area contributed by atoms with Crippen LogP contribution in [-0.2, 0) is 6.54 Å². The molecule has 2 heterocycles. The SMILES string of the molecule is CN(Cc1ccccc1Br)C(=O)c1cnn2ccncc12. The minimum atomic E-state index is -0.0752. The van der Waals surface area contributed by atoms with Crippen molar-refractivity contribution in [3.63, 3.8) is 0 Å². The number of carbonyl (C=O) groups is 1. The van der Waals surface area contributed by atoms with Crippen LogP contribution in [0.15, 0.2) is 53.5 Å². The van der Waals surface area contributed by atoms with E-state index in [0.717, 1.165) is 10.0 Å². The number of fused-ring (bicyclic) bond motifs is 1. The summed E-state index contributed by atoms with van der Waals surface area (Å²) >= 11 is 3.50. The minimum absolute atomic E-state index is 0.0752. The number of nitrogens with zero attached hydrogens (tertiary/aromatic N) is 4. The highest BCUT2D eigenvalue weighted by atomic mass is 79.9. The molecule has 1 amide bonds. The molecule has 0 aliphatic rings. The van der Waals surface area contributed by atoms with Crippen molar-refractivity contribution in [2.75, 3.05) is 7.05 Å². The van der Waals surface area contributed by atoms with Crippen LogP contribution in [0.5, 0.6) is 0 Å². The van der Waals surface area contributed by atoms with Crippen molar-refractivity contribution >= 4 is 27.4 Å². The van der Waals surface area contributed by atoms with E-state index >= 15 is 0 Å². The second-order valence-electron chi connectivity index (χ2n) is 4.72. The van der Waals surface area contributed by atoms with Crippen LogP contribution < -0.4 is 0 Å². The zero-order valence-electron chi connectivity index (χ0n) is 11.4. The summed E-state index contributed by atoms with van der Waals surface area (Å²) in [5.74, 6) is -0.0752. The number of aromatic nitrogens is 3. The highest BCUT2D eigenvalue weighted by molar-refractivity contribution is 9.10. The summed E-state index contributed by atoms with van der Waals surface area (Å²) in [6.45, 7) is 0.526. The lowest BCUT2D eigenvalue weighted by Crippen LogP contribution is -2.26. The van der Waals surface area contributed by atoms with Crippen molar-refractivity contribution < 1.29 is 4.79 Å². The zero-order valence-corrected chi connectivity index (χ0v) is 13.0. The normalized spacial score (nSPS) is 10.8. The third-order valence-electron chi connectivity index (χ3n) is 3.27. The number of hydrogen-bond acceptors (Lipinski definition) is 3. The smallest absolute Gasteiger partial charge is 0.257 e. The Balaban J connectivity index is 1.86. The van der Waals surface area contributed by atoms with E-state index in [1.807, 2.05) is 24.3 Å². The Kier molecular flexibility index (Phi) is 3.70. The molecule has 0 radical (unpaired) electrons. The molecule has 0 fully saturated rings. The molecular formula is C15H13BrN4O. The molecule has 3 rings (SSSR count). The quantitative estimate of drug-likeness (QED) is 0.734. The van der Waals surface area contributed by atoms with Crippen LogP contribution in [0.3, 0.4) is 0 Å². The molecule has 0 bridgehead atoms. The van der Waals surface area contributed by atoms with E-state index in [2.05, 4.69) is 26.0 Å². The standard InChI is InChI=1S/C15H13BrN4O/c1-19(10-11-4-2-3-5-13(11)16)15(21)12-8-18-20-7-6-17-9-14(12)20/h2-9H,10H2,1H3. The molecule has 0 saturated heterocycles. The molecule has 0 atom stereocenters. The molecule has 1 aromatic carbocycles. The molecule has 2 aromatic heterocycles. The van der Waals surface area contributed by atoms with Crippen LogP contribution >= 0.6 is 15.9 Å². The van der Waals surface area contributed by atoms with Gasteiger partial charge in [0.1, 0.15) is 0 Å². The number of carbonyl (C=O) groups excluding carboxylic acids is 1. The van der Waals surface area contributed by atoms with Crippen LogP contribution in [0.25, 0.3) is 5.52 Å². The Morgan fingerprint density at radius 2 is 2.14 bits per heavy atom. The van der Waals surface area contributed by atoms with Crippen LogP contribution in [0.1, 0.15) is 15.9 Å². The van der Waals surface area contributed by atoms with Crippen LogP contribution in [0.4, 0.5) is 0 Å². The average molecular weight is 345 g/mol. The van der Waals surface area contributed by atoms with Gasteiger partial charge in [0.05, 0.1) is 23.5 Å². The Hall–Kier alpha value is -2.21. The van der Waals surface area contributed by atoms with Gasteiger partial charge in [-0.3, -0.25) is 9.78 Å². The van der Waals surface area contributed by atoms with E-state index in [9.17, 15) is 4.79 Å². The molecule has 21 heavy (non-hydrogen) atoms. The lowest BCUT2D eigenvalue weighted by Gasteiger charge is -2.17. The Bertz CT molecular complexity index is 799. The molecule has 0 aliphatic heterocycles. The monoisotopic (exact) mass is 344 g/mol. The van der Waals surface area contributed by atoms with Gasteiger partial charge in [0.15, 0.2) is 0 Å². The Morgan fingerprint density at radius 1 is 1.33 bits per heavy atom. The van der Waals surface area contributed by atoms with E-state index < -0.39 is 0 Å². The van der Waals surface area contributed by atoms with Gasteiger partial charge < -0.3 is 4.90 Å². The van der Waals surface area contributed by atoms with Crippen LogP contribution in [-0.4, -0.2) is 32.5 Å². The number of hydrogen-bond donors (Lipinski definition) is 0. The highest BCUT2D eigenvalue weighted by Gasteiger charge is 2.17. The fourth-order valence-electron chi connectivity index (χ4n) is 2.16. The maximum atomic E-state index is 12.6. The average Bonchev–Trinajstić information content (AvgIpc) is 2.92. The van der Waals surface area contributed by atoms with Gasteiger partial charge >= 0.3 is 0 Å². The summed E-state index contributed by atoms with van der Waals surface area (Å²) in [5, 5.41) is 4.17. The topological polar surface area (TPSA) is 50.5 Å². The van der Waals surface area contributed by atoms with Crippen molar-refractivity contribution in [1.29, 1.82) is 0 Å². The van der Waals surface area contributed by atoms with Crippen molar-refractivity contribution in [2.45, 2.75) is 6.54 Å². The Labute approximate surface area is 130 Å². The summed E-state index contributed by atoms with van der Waals surface area (Å²) in [6, 6.07) is 7.86. The first-order valence-corrected chi connectivity index (χ1v) is 7.22. The highest BCUT2D eigenvalue weighted by Crippen LogP contribution is 2.19. The van der Waals surface area contributed by atoms with E-state index in [-0.39, 0.29) is 5.91 Å². The fraction of sp³-hybridized carbons (Fsp3) is 0.133. The molecule has 0 saturated carbocycles. The van der Waals surface area contributed by atoms with Gasteiger partial charge in [-0.05, 0) is 11.6 Å². The predicted octanol–water partition coefficient (Wildman–Crippen LogP) is 2.76. The van der Waals surface area contributed by atoms with Crippen LogP contribution in [0.2, 0.25) is 0 Å². The predicted molar refractivity (Wildman–Crippen MR) is 82.9 cm³/mol. The molecular weight excluding hydrogens is 332 g/mol. The summed E-state index contributed by atoms with van der Waals surface area (Å²) < 4.78 is 2.64. The van der Waals surface area contributed by atoms with Gasteiger partial charge in [0, 0.05) is 30.5 Å². The van der Waals surface area contributed by atoms with Gasteiger partial charge in [-0.25, -0.2) is 4.52 Å². The number of halogens is 1. The van der Waals surface area contributed by atoms with Gasteiger partial charge in [-0.1, -0.05) is 34.1 Å². The summed E-state index contributed by atoms with van der Waals surface area (Å²) in [7, 11) is 1.78. The molecule has 5 nitrogen and oxygen atoms in total. The van der Waals surface area contributed by atoms with Gasteiger partial charge in [-0.2, -0.15) is 5.10 Å². The first kappa shape index (κ1) is 13.8. The fourth-order valence-corrected chi connectivity index (χ4v) is 2.57. The summed E-state index contributed by atoms with van der Waals surface area (Å²) in [4.78, 5) is 18.3. The third-order valence-corrected chi connectivity index (χ3v) is 4.04. The molecule has 3 aromatic rings. The van der Waals surface area contributed by atoms with Crippen molar-refractivity contribution in [1.82, 2.24) is 19.5 Å². The van der Waals surface area contributed by atoms with Crippen LogP contribution in [0, 0.1) is 0 Å². The second kappa shape index (κ2) is 5.65. The lowest BCUT2D eigenvalue weighted by atomic mass is 10.2. The first-order valence-electron chi connectivity index (χ1n) is 6.43. The molecule has 0 unspecified atom stereocenters. The first-order chi connectivity index (χ1) is 10.2. The third kappa shape index (κ3) is 2.67. The molecule has 0 N–H and O–H groups in total. The number of amides is 1. The maximum absolute atomic E-state index is 12.6. The minimum Gasteiger partial charge on any atom is -0.337 e. The number of benzene rings is 1. The summed E-state index contributed by atoms with van der Waals surface area (Å²) in [6.07, 6.45) is 6.58. The molecule has 106 valence electrons.